The van der Waals surface area contributed by atoms with Gasteiger partial charge in [0.05, 0.1) is 7.11 Å². The van der Waals surface area contributed by atoms with E-state index in [0.29, 0.717) is 24.0 Å². The number of carbonyl (C=O) groups excluding carboxylic acids is 2. The van der Waals surface area contributed by atoms with Gasteiger partial charge in [0.15, 0.2) is 11.5 Å². The van der Waals surface area contributed by atoms with Gasteiger partial charge in [0.2, 0.25) is 5.91 Å². The van der Waals surface area contributed by atoms with E-state index in [1.165, 1.54) is 17.6 Å². The normalized spacial score (nSPS) is 14.4. The van der Waals surface area contributed by atoms with Crippen molar-refractivity contribution >= 4 is 18.1 Å². The smallest absolute Gasteiger partial charge is 0.415 e. The Morgan fingerprint density at radius 2 is 1.81 bits per heavy atom. The van der Waals surface area contributed by atoms with Gasteiger partial charge >= 0.3 is 6.09 Å². The lowest BCUT2D eigenvalue weighted by atomic mass is 9.90. The van der Waals surface area contributed by atoms with Crippen LogP contribution in [0.1, 0.15) is 30.9 Å². The molecule has 1 heterocycles. The van der Waals surface area contributed by atoms with Crippen molar-refractivity contribution in [3.8, 4) is 11.5 Å². The van der Waals surface area contributed by atoms with E-state index >= 15 is 0 Å². The summed E-state index contributed by atoms with van der Waals surface area (Å²) in [6.45, 7) is 3.98. The Morgan fingerprint density at radius 1 is 1.09 bits per heavy atom. The Morgan fingerprint density at radius 3 is 2.47 bits per heavy atom. The monoisotopic (exact) mass is 436 g/mol. The van der Waals surface area contributed by atoms with Crippen molar-refractivity contribution in [1.29, 1.82) is 0 Å². The highest BCUT2D eigenvalue weighted by Gasteiger charge is 2.21. The van der Waals surface area contributed by atoms with Gasteiger partial charge in [-0.15, -0.1) is 0 Å². The molecule has 0 N–H and O–H groups in total. The zero-order valence-corrected chi connectivity index (χ0v) is 19.1. The van der Waals surface area contributed by atoms with E-state index < -0.39 is 6.09 Å². The molecule has 0 radical (unpaired) electrons. The molecule has 0 aliphatic carbocycles. The van der Waals surface area contributed by atoms with E-state index in [1.54, 1.807) is 37.4 Å². The third kappa shape index (κ3) is 6.36. The number of carbonyl (C=O) groups is 2. The first kappa shape index (κ1) is 23.4. The molecule has 0 atom stereocenters. The van der Waals surface area contributed by atoms with E-state index in [1.807, 2.05) is 17.9 Å². The fourth-order valence-electron chi connectivity index (χ4n) is 3.75. The Kier molecular flexibility index (Phi) is 8.31. The van der Waals surface area contributed by atoms with Crippen LogP contribution in [0.3, 0.4) is 0 Å². The molecule has 0 unspecified atom stereocenters. The van der Waals surface area contributed by atoms with Gasteiger partial charge in [0.25, 0.3) is 0 Å². The number of hydrogen-bond acceptors (Lipinski definition) is 4. The van der Waals surface area contributed by atoms with Crippen LogP contribution in [0.25, 0.3) is 6.08 Å². The first-order valence-electron chi connectivity index (χ1n) is 11.1. The lowest BCUT2D eigenvalue weighted by Gasteiger charge is -2.31. The standard InChI is InChI=1S/C26H32N2O4/c1-4-27(2)26(30)32-23-12-10-21(19-24(23)31-3)11-13-25(29)28-16-14-22(15-17-28)18-20-8-6-5-7-9-20/h5-13,19,22H,4,14-18H2,1-3H3/b13-11+. The van der Waals surface area contributed by atoms with Crippen molar-refractivity contribution in [2.75, 3.05) is 33.8 Å². The zero-order valence-electron chi connectivity index (χ0n) is 19.1. The van der Waals surface area contributed by atoms with Gasteiger partial charge in [0, 0.05) is 32.8 Å². The van der Waals surface area contributed by atoms with E-state index in [2.05, 4.69) is 24.3 Å². The van der Waals surface area contributed by atoms with Gasteiger partial charge < -0.3 is 19.3 Å². The molecule has 0 spiro atoms. The molecule has 1 aliphatic rings. The van der Waals surface area contributed by atoms with Gasteiger partial charge in [-0.1, -0.05) is 36.4 Å². The predicted molar refractivity (Wildman–Crippen MR) is 126 cm³/mol. The van der Waals surface area contributed by atoms with E-state index in [4.69, 9.17) is 9.47 Å². The molecule has 3 rings (SSSR count). The van der Waals surface area contributed by atoms with Gasteiger partial charge in [-0.25, -0.2) is 4.79 Å². The minimum atomic E-state index is -0.445. The molecular formula is C26H32N2O4. The summed E-state index contributed by atoms with van der Waals surface area (Å²) in [5.41, 5.74) is 2.17. The van der Waals surface area contributed by atoms with E-state index in [9.17, 15) is 9.59 Å². The summed E-state index contributed by atoms with van der Waals surface area (Å²) in [5, 5.41) is 0. The number of benzene rings is 2. The lowest BCUT2D eigenvalue weighted by molar-refractivity contribution is -0.127. The second-order valence-electron chi connectivity index (χ2n) is 8.08. The third-order valence-corrected chi connectivity index (χ3v) is 5.88. The Labute approximate surface area is 190 Å². The highest BCUT2D eigenvalue weighted by Crippen LogP contribution is 2.29. The van der Waals surface area contributed by atoms with Gasteiger partial charge in [-0.3, -0.25) is 4.79 Å². The van der Waals surface area contributed by atoms with Crippen molar-refractivity contribution in [3.05, 3.63) is 65.7 Å². The summed E-state index contributed by atoms with van der Waals surface area (Å²) in [6, 6.07) is 15.8. The van der Waals surface area contributed by atoms with Crippen LogP contribution < -0.4 is 9.47 Å². The van der Waals surface area contributed by atoms with Crippen molar-refractivity contribution in [2.24, 2.45) is 5.92 Å². The van der Waals surface area contributed by atoms with Crippen molar-refractivity contribution in [1.82, 2.24) is 9.80 Å². The fraction of sp³-hybridized carbons (Fsp3) is 0.385. The van der Waals surface area contributed by atoms with Crippen LogP contribution in [0.4, 0.5) is 4.79 Å². The number of rotatable bonds is 7. The number of nitrogens with zero attached hydrogens (tertiary/aromatic N) is 2. The SMILES string of the molecule is CCN(C)C(=O)Oc1ccc(/C=C/C(=O)N2CCC(Cc3ccccc3)CC2)cc1OC. The average molecular weight is 437 g/mol. The summed E-state index contributed by atoms with van der Waals surface area (Å²) in [7, 11) is 3.19. The summed E-state index contributed by atoms with van der Waals surface area (Å²) in [6.07, 6.45) is 6.04. The fourth-order valence-corrected chi connectivity index (χ4v) is 3.75. The maximum Gasteiger partial charge on any atom is 0.415 e. The zero-order chi connectivity index (χ0) is 22.9. The summed E-state index contributed by atoms with van der Waals surface area (Å²) >= 11 is 0. The summed E-state index contributed by atoms with van der Waals surface area (Å²) < 4.78 is 10.7. The number of piperidine rings is 1. The first-order valence-corrected chi connectivity index (χ1v) is 11.1. The lowest BCUT2D eigenvalue weighted by Crippen LogP contribution is -2.37. The molecule has 1 aliphatic heterocycles. The van der Waals surface area contributed by atoms with Crippen LogP contribution >= 0.6 is 0 Å². The second kappa shape index (κ2) is 11.4. The molecule has 1 saturated heterocycles. The number of likely N-dealkylation sites (tertiary alicyclic amines) is 1. The number of hydrogen-bond donors (Lipinski definition) is 0. The molecule has 170 valence electrons. The van der Waals surface area contributed by atoms with E-state index in [-0.39, 0.29) is 5.91 Å². The third-order valence-electron chi connectivity index (χ3n) is 5.88. The van der Waals surface area contributed by atoms with Gasteiger partial charge in [0.1, 0.15) is 0 Å². The molecule has 0 saturated carbocycles. The maximum absolute atomic E-state index is 12.6. The molecular weight excluding hydrogens is 404 g/mol. The number of amides is 2. The highest BCUT2D eigenvalue weighted by atomic mass is 16.6. The van der Waals surface area contributed by atoms with E-state index in [0.717, 1.165) is 37.9 Å². The molecule has 0 aromatic heterocycles. The molecule has 6 nitrogen and oxygen atoms in total. The maximum atomic E-state index is 12.6. The van der Waals surface area contributed by atoms with Crippen LogP contribution in [-0.4, -0.2) is 55.6 Å². The van der Waals surface area contributed by atoms with Gasteiger partial charge in [-0.05, 0) is 61.4 Å². The average Bonchev–Trinajstić information content (AvgIpc) is 2.83. The minimum Gasteiger partial charge on any atom is -0.493 e. The quantitative estimate of drug-likeness (QED) is 0.594. The molecule has 2 aromatic rings. The van der Waals surface area contributed by atoms with Crippen LogP contribution in [0.15, 0.2) is 54.6 Å². The van der Waals surface area contributed by atoms with Crippen LogP contribution in [0, 0.1) is 5.92 Å². The van der Waals surface area contributed by atoms with Crippen molar-refractivity contribution in [3.63, 3.8) is 0 Å². The van der Waals surface area contributed by atoms with Crippen LogP contribution in [-0.2, 0) is 11.2 Å². The van der Waals surface area contributed by atoms with Crippen LogP contribution in [0.2, 0.25) is 0 Å². The molecule has 1 fully saturated rings. The number of ether oxygens (including phenoxy) is 2. The topological polar surface area (TPSA) is 59.1 Å². The Bertz CT molecular complexity index is 934. The largest absolute Gasteiger partial charge is 0.493 e. The summed E-state index contributed by atoms with van der Waals surface area (Å²) in [4.78, 5) is 28.0. The molecule has 0 bridgehead atoms. The first-order chi connectivity index (χ1) is 15.5. The molecule has 32 heavy (non-hydrogen) atoms. The Hall–Kier alpha value is -3.28. The summed E-state index contributed by atoms with van der Waals surface area (Å²) in [5.74, 6) is 1.43. The Balaban J connectivity index is 1.54. The second-order valence-corrected chi connectivity index (χ2v) is 8.08. The highest BCUT2D eigenvalue weighted by molar-refractivity contribution is 5.92. The molecule has 2 amide bonds. The van der Waals surface area contributed by atoms with Crippen LogP contribution in [0.5, 0.6) is 11.5 Å². The van der Waals surface area contributed by atoms with Crippen molar-refractivity contribution in [2.45, 2.75) is 26.2 Å². The van der Waals surface area contributed by atoms with Crippen molar-refractivity contribution < 1.29 is 19.1 Å². The number of methoxy groups -OCH3 is 1. The van der Waals surface area contributed by atoms with Gasteiger partial charge in [-0.2, -0.15) is 0 Å². The molecule has 6 heteroatoms. The minimum absolute atomic E-state index is 0.0159. The molecule has 2 aromatic carbocycles. The predicted octanol–water partition coefficient (Wildman–Crippen LogP) is 4.64.